The second-order valence-electron chi connectivity index (χ2n) is 5.75. The maximum atomic E-state index is 12.5. The number of anilines is 1. The van der Waals surface area contributed by atoms with E-state index in [9.17, 15) is 8.42 Å². The van der Waals surface area contributed by atoms with Crippen molar-refractivity contribution in [1.82, 2.24) is 4.98 Å². The number of hydrogen-bond acceptors (Lipinski definition) is 4. The van der Waals surface area contributed by atoms with Crippen molar-refractivity contribution in [3.8, 4) is 11.5 Å². The summed E-state index contributed by atoms with van der Waals surface area (Å²) in [6.07, 6.45) is 0. The Morgan fingerprint density at radius 3 is 2.33 bits per heavy atom. The van der Waals surface area contributed by atoms with E-state index in [0.717, 1.165) is 11.1 Å². The van der Waals surface area contributed by atoms with E-state index in [2.05, 4.69) is 9.71 Å². The molecule has 0 saturated carbocycles. The van der Waals surface area contributed by atoms with Gasteiger partial charge < -0.3 is 4.42 Å². The molecule has 5 nitrogen and oxygen atoms in total. The molecule has 0 amide bonds. The maximum Gasteiger partial charge on any atom is 0.261 e. The molecule has 4 rings (SSSR count). The van der Waals surface area contributed by atoms with Gasteiger partial charge in [-0.2, -0.15) is 0 Å². The number of halogens is 2. The molecule has 8 heteroatoms. The molecule has 0 aliphatic rings. The van der Waals surface area contributed by atoms with Crippen LogP contribution in [0.25, 0.3) is 22.6 Å². The quantitative estimate of drug-likeness (QED) is 0.467. The van der Waals surface area contributed by atoms with E-state index in [1.54, 1.807) is 24.3 Å². The molecular weight excluding hydrogens is 407 g/mol. The topological polar surface area (TPSA) is 72.2 Å². The Labute approximate surface area is 165 Å². The predicted molar refractivity (Wildman–Crippen MR) is 107 cm³/mol. The van der Waals surface area contributed by atoms with Crippen LogP contribution in [0.1, 0.15) is 0 Å². The fourth-order valence-corrected chi connectivity index (χ4v) is 3.98. The first-order valence-electron chi connectivity index (χ1n) is 7.86. The first-order chi connectivity index (χ1) is 12.9. The van der Waals surface area contributed by atoms with Crippen molar-refractivity contribution >= 4 is 50.0 Å². The SMILES string of the molecule is O=S(=O)(Nc1ccc(-c2nc3ccccc3o2)cc1)c1ccc(Cl)c(Cl)c1. The summed E-state index contributed by atoms with van der Waals surface area (Å²) in [5.74, 6) is 0.468. The first kappa shape index (κ1) is 17.9. The summed E-state index contributed by atoms with van der Waals surface area (Å²) in [6.45, 7) is 0. The van der Waals surface area contributed by atoms with Crippen molar-refractivity contribution < 1.29 is 12.8 Å². The van der Waals surface area contributed by atoms with Gasteiger partial charge in [-0.3, -0.25) is 4.72 Å². The number of fused-ring (bicyclic) bond motifs is 1. The van der Waals surface area contributed by atoms with Gasteiger partial charge in [-0.1, -0.05) is 35.3 Å². The number of oxazole rings is 1. The van der Waals surface area contributed by atoms with Gasteiger partial charge in [0.15, 0.2) is 5.58 Å². The molecular formula is C19H12Cl2N2O3S. The van der Waals surface area contributed by atoms with Gasteiger partial charge in [-0.15, -0.1) is 0 Å². The zero-order chi connectivity index (χ0) is 19.0. The standard InChI is InChI=1S/C19H12Cl2N2O3S/c20-15-10-9-14(11-16(15)21)27(24,25)23-13-7-5-12(6-8-13)19-22-17-3-1-2-4-18(17)26-19/h1-11,23H. The van der Waals surface area contributed by atoms with Crippen LogP contribution in [-0.4, -0.2) is 13.4 Å². The Bertz CT molecular complexity index is 1200. The normalized spacial score (nSPS) is 11.6. The van der Waals surface area contributed by atoms with Crippen LogP contribution in [0.3, 0.4) is 0 Å². The second kappa shape index (κ2) is 6.88. The summed E-state index contributed by atoms with van der Waals surface area (Å²) >= 11 is 11.7. The molecule has 0 fully saturated rings. The van der Waals surface area contributed by atoms with Crippen LogP contribution in [0.4, 0.5) is 5.69 Å². The monoisotopic (exact) mass is 418 g/mol. The van der Waals surface area contributed by atoms with Gasteiger partial charge in [-0.25, -0.2) is 13.4 Å². The highest BCUT2D eigenvalue weighted by atomic mass is 35.5. The van der Waals surface area contributed by atoms with Crippen molar-refractivity contribution in [2.24, 2.45) is 0 Å². The average Bonchev–Trinajstić information content (AvgIpc) is 3.08. The Morgan fingerprint density at radius 1 is 0.889 bits per heavy atom. The first-order valence-corrected chi connectivity index (χ1v) is 10.1. The number of para-hydroxylation sites is 2. The van der Waals surface area contributed by atoms with Gasteiger partial charge in [0.25, 0.3) is 10.0 Å². The molecule has 1 N–H and O–H groups in total. The largest absolute Gasteiger partial charge is 0.436 e. The van der Waals surface area contributed by atoms with Gasteiger partial charge in [0.1, 0.15) is 5.52 Å². The van der Waals surface area contributed by atoms with E-state index in [1.165, 1.54) is 18.2 Å². The van der Waals surface area contributed by atoms with Crippen LogP contribution in [0, 0.1) is 0 Å². The number of aromatic nitrogens is 1. The molecule has 27 heavy (non-hydrogen) atoms. The molecule has 136 valence electrons. The molecule has 0 radical (unpaired) electrons. The van der Waals surface area contributed by atoms with Crippen LogP contribution in [0.15, 0.2) is 76.0 Å². The Kier molecular flexibility index (Phi) is 4.55. The molecule has 3 aromatic carbocycles. The minimum Gasteiger partial charge on any atom is -0.436 e. The number of hydrogen-bond donors (Lipinski definition) is 1. The van der Waals surface area contributed by atoms with E-state index in [1.807, 2.05) is 24.3 Å². The Hall–Kier alpha value is -2.54. The zero-order valence-electron chi connectivity index (χ0n) is 13.7. The van der Waals surface area contributed by atoms with E-state index in [4.69, 9.17) is 27.6 Å². The van der Waals surface area contributed by atoms with Crippen molar-refractivity contribution in [3.63, 3.8) is 0 Å². The molecule has 1 heterocycles. The van der Waals surface area contributed by atoms with Gasteiger partial charge in [0.2, 0.25) is 5.89 Å². The van der Waals surface area contributed by atoms with Crippen LogP contribution < -0.4 is 4.72 Å². The van der Waals surface area contributed by atoms with Crippen LogP contribution in [-0.2, 0) is 10.0 Å². The van der Waals surface area contributed by atoms with Gasteiger partial charge in [0, 0.05) is 11.3 Å². The van der Waals surface area contributed by atoms with Crippen molar-refractivity contribution in [1.29, 1.82) is 0 Å². The lowest BCUT2D eigenvalue weighted by Gasteiger charge is -2.09. The highest BCUT2D eigenvalue weighted by molar-refractivity contribution is 7.92. The third-order valence-corrected chi connectivity index (χ3v) is 6.00. The summed E-state index contributed by atoms with van der Waals surface area (Å²) in [4.78, 5) is 4.45. The Morgan fingerprint density at radius 2 is 1.63 bits per heavy atom. The fourth-order valence-electron chi connectivity index (χ4n) is 2.53. The number of sulfonamides is 1. The zero-order valence-corrected chi connectivity index (χ0v) is 16.0. The highest BCUT2D eigenvalue weighted by Gasteiger charge is 2.16. The molecule has 0 aliphatic heterocycles. The molecule has 0 unspecified atom stereocenters. The molecule has 0 aliphatic carbocycles. The summed E-state index contributed by atoms with van der Waals surface area (Å²) in [6, 6.07) is 18.3. The summed E-state index contributed by atoms with van der Waals surface area (Å²) < 4.78 is 33.2. The van der Waals surface area contributed by atoms with Gasteiger partial charge >= 0.3 is 0 Å². The van der Waals surface area contributed by atoms with Crippen molar-refractivity contribution in [2.75, 3.05) is 4.72 Å². The third-order valence-electron chi connectivity index (χ3n) is 3.88. The van der Waals surface area contributed by atoms with Gasteiger partial charge in [-0.05, 0) is 54.6 Å². The summed E-state index contributed by atoms with van der Waals surface area (Å²) in [5, 5.41) is 0.462. The van der Waals surface area contributed by atoms with E-state index < -0.39 is 10.0 Å². The molecule has 0 spiro atoms. The van der Waals surface area contributed by atoms with Gasteiger partial charge in [0.05, 0.1) is 14.9 Å². The predicted octanol–water partition coefficient (Wildman–Crippen LogP) is 5.60. The fraction of sp³-hybridized carbons (Fsp3) is 0. The van der Waals surface area contributed by atoms with Crippen LogP contribution in [0.5, 0.6) is 0 Å². The van der Waals surface area contributed by atoms with Crippen molar-refractivity contribution in [2.45, 2.75) is 4.90 Å². The van der Waals surface area contributed by atoms with E-state index >= 15 is 0 Å². The molecule has 4 aromatic rings. The van der Waals surface area contributed by atoms with E-state index in [-0.39, 0.29) is 9.92 Å². The van der Waals surface area contributed by atoms with Crippen LogP contribution in [0.2, 0.25) is 10.0 Å². The highest BCUT2D eigenvalue weighted by Crippen LogP contribution is 2.28. The van der Waals surface area contributed by atoms with E-state index in [0.29, 0.717) is 22.2 Å². The average molecular weight is 419 g/mol. The molecule has 0 saturated heterocycles. The number of nitrogens with one attached hydrogen (secondary N) is 1. The molecule has 0 atom stereocenters. The Balaban J connectivity index is 1.59. The minimum absolute atomic E-state index is 0.0277. The third kappa shape index (κ3) is 3.64. The summed E-state index contributed by atoms with van der Waals surface area (Å²) in [5.41, 5.74) is 2.60. The molecule has 1 aromatic heterocycles. The number of nitrogens with zero attached hydrogens (tertiary/aromatic N) is 1. The minimum atomic E-state index is -3.78. The maximum absolute atomic E-state index is 12.5. The number of benzene rings is 3. The second-order valence-corrected chi connectivity index (χ2v) is 8.24. The lowest BCUT2D eigenvalue weighted by atomic mass is 10.2. The lowest BCUT2D eigenvalue weighted by molar-refractivity contribution is 0.601. The lowest BCUT2D eigenvalue weighted by Crippen LogP contribution is -2.12. The van der Waals surface area contributed by atoms with Crippen LogP contribution >= 0.6 is 23.2 Å². The van der Waals surface area contributed by atoms with Crippen molar-refractivity contribution in [3.05, 3.63) is 76.8 Å². The number of rotatable bonds is 4. The summed E-state index contributed by atoms with van der Waals surface area (Å²) in [7, 11) is -3.78. The smallest absolute Gasteiger partial charge is 0.261 e. The molecule has 0 bridgehead atoms.